The Kier molecular flexibility index (Phi) is 4.23. The number of pyridine rings is 1. The van der Waals surface area contributed by atoms with Crippen molar-refractivity contribution in [2.24, 2.45) is 4.99 Å². The molecule has 2 aromatic carbocycles. The molecule has 4 rings (SSSR count). The summed E-state index contributed by atoms with van der Waals surface area (Å²) in [5.41, 5.74) is 4.05. The molecule has 26 heavy (non-hydrogen) atoms. The molecule has 1 heterocycles. The molecule has 2 nitrogen and oxygen atoms in total. The molecule has 0 bridgehead atoms. The Balaban J connectivity index is 1.75. The largest absolute Gasteiger partial charge is 0.416 e. The van der Waals surface area contributed by atoms with Crippen LogP contribution in [-0.4, -0.2) is 11.2 Å². The van der Waals surface area contributed by atoms with Gasteiger partial charge < -0.3 is 0 Å². The van der Waals surface area contributed by atoms with Crippen molar-refractivity contribution < 1.29 is 13.2 Å². The molecule has 132 valence electrons. The van der Waals surface area contributed by atoms with E-state index >= 15 is 0 Å². The van der Waals surface area contributed by atoms with E-state index in [0.29, 0.717) is 5.56 Å². The molecule has 0 spiro atoms. The summed E-state index contributed by atoms with van der Waals surface area (Å²) in [4.78, 5) is 9.43. The lowest BCUT2D eigenvalue weighted by Crippen LogP contribution is -2.06. The first-order chi connectivity index (χ1) is 12.5. The van der Waals surface area contributed by atoms with Gasteiger partial charge in [0.25, 0.3) is 0 Å². The summed E-state index contributed by atoms with van der Waals surface area (Å²) >= 11 is 0. The fourth-order valence-electron chi connectivity index (χ4n) is 3.39. The highest BCUT2D eigenvalue weighted by Gasteiger charge is 2.29. The smallest absolute Gasteiger partial charge is 0.255 e. The number of aliphatic imine (C=N–C) groups is 1. The summed E-state index contributed by atoms with van der Waals surface area (Å²) in [6.07, 6.45) is 1.43. The number of aromatic nitrogens is 1. The van der Waals surface area contributed by atoms with Crippen LogP contribution < -0.4 is 0 Å². The highest BCUT2D eigenvalue weighted by atomic mass is 19.4. The number of hydrogen-bond donors (Lipinski definition) is 0. The summed E-state index contributed by atoms with van der Waals surface area (Å²) in [5, 5.41) is 0.983. The first kappa shape index (κ1) is 16.8. The van der Waals surface area contributed by atoms with Gasteiger partial charge in [-0.3, -0.25) is 9.98 Å². The third-order valence-corrected chi connectivity index (χ3v) is 4.72. The van der Waals surface area contributed by atoms with Gasteiger partial charge in [0.2, 0.25) is 0 Å². The normalized spacial score (nSPS) is 14.7. The van der Waals surface area contributed by atoms with Gasteiger partial charge in [-0.05, 0) is 55.0 Å². The molecule has 1 aliphatic rings. The number of halogens is 3. The number of para-hydroxylation sites is 1. The predicted octanol–water partition coefficient (Wildman–Crippen LogP) is 5.88. The zero-order valence-electron chi connectivity index (χ0n) is 14.1. The maximum atomic E-state index is 12.7. The zero-order chi connectivity index (χ0) is 18.1. The quantitative estimate of drug-likeness (QED) is 0.527. The van der Waals surface area contributed by atoms with Gasteiger partial charge in [-0.2, -0.15) is 13.2 Å². The number of hydrogen-bond acceptors (Lipinski definition) is 2. The Hall–Kier alpha value is -2.69. The van der Waals surface area contributed by atoms with Gasteiger partial charge in [0.15, 0.2) is 0 Å². The van der Waals surface area contributed by atoms with Crippen LogP contribution in [0.25, 0.3) is 10.9 Å². The molecule has 0 saturated carbocycles. The molecule has 0 radical (unpaired) electrons. The van der Waals surface area contributed by atoms with Gasteiger partial charge in [0.05, 0.1) is 16.8 Å². The van der Waals surface area contributed by atoms with Crippen LogP contribution >= 0.6 is 0 Å². The van der Waals surface area contributed by atoms with E-state index in [1.807, 2.05) is 24.3 Å². The standard InChI is InChI=1S/C21H17F3N2/c22-21(23,24)15-11-9-14(10-12-15)13-25-20-16-5-1-3-7-18(16)26-19-8-4-2-6-17(19)20/h1,3,5,7,9-13H,2,4,6,8H2. The van der Waals surface area contributed by atoms with E-state index < -0.39 is 11.7 Å². The Morgan fingerprint density at radius 1 is 0.923 bits per heavy atom. The van der Waals surface area contributed by atoms with Crippen LogP contribution in [-0.2, 0) is 19.0 Å². The Labute approximate surface area is 149 Å². The average Bonchev–Trinajstić information content (AvgIpc) is 2.65. The Bertz CT molecular complexity index is 973. The van der Waals surface area contributed by atoms with Crippen molar-refractivity contribution in [3.63, 3.8) is 0 Å². The van der Waals surface area contributed by atoms with Gasteiger partial charge in [-0.1, -0.05) is 30.3 Å². The van der Waals surface area contributed by atoms with E-state index in [0.717, 1.165) is 65.7 Å². The SMILES string of the molecule is FC(F)(F)c1ccc(C=Nc2c3c(nc4ccccc24)CCCC3)cc1. The van der Waals surface area contributed by atoms with Crippen LogP contribution in [0.15, 0.2) is 53.5 Å². The number of nitrogens with zero attached hydrogens (tertiary/aromatic N) is 2. The summed E-state index contributed by atoms with van der Waals surface area (Å²) in [6, 6.07) is 12.9. The number of alkyl halides is 3. The lowest BCUT2D eigenvalue weighted by Gasteiger charge is -2.18. The molecular weight excluding hydrogens is 337 g/mol. The lowest BCUT2D eigenvalue weighted by molar-refractivity contribution is -0.137. The maximum Gasteiger partial charge on any atom is 0.416 e. The topological polar surface area (TPSA) is 25.2 Å². The van der Waals surface area contributed by atoms with E-state index in [2.05, 4.69) is 4.99 Å². The molecule has 0 amide bonds. The number of fused-ring (bicyclic) bond motifs is 2. The van der Waals surface area contributed by atoms with Crippen molar-refractivity contribution in [1.29, 1.82) is 0 Å². The van der Waals surface area contributed by atoms with E-state index in [4.69, 9.17) is 4.98 Å². The highest BCUT2D eigenvalue weighted by Crippen LogP contribution is 2.35. The number of benzene rings is 2. The highest BCUT2D eigenvalue weighted by molar-refractivity contribution is 5.95. The minimum absolute atomic E-state index is 0.642. The minimum atomic E-state index is -4.32. The second-order valence-electron chi connectivity index (χ2n) is 6.49. The molecule has 0 atom stereocenters. The summed E-state index contributed by atoms with van der Waals surface area (Å²) < 4.78 is 38.1. The number of aryl methyl sites for hydroxylation is 1. The third-order valence-electron chi connectivity index (χ3n) is 4.72. The second-order valence-corrected chi connectivity index (χ2v) is 6.49. The van der Waals surface area contributed by atoms with Gasteiger partial charge in [0.1, 0.15) is 0 Å². The predicted molar refractivity (Wildman–Crippen MR) is 97.1 cm³/mol. The fraction of sp³-hybridized carbons (Fsp3) is 0.238. The Morgan fingerprint density at radius 3 is 2.42 bits per heavy atom. The van der Waals surface area contributed by atoms with Crippen molar-refractivity contribution in [1.82, 2.24) is 4.98 Å². The van der Waals surface area contributed by atoms with E-state index in [9.17, 15) is 13.2 Å². The number of rotatable bonds is 2. The molecule has 1 aliphatic carbocycles. The van der Waals surface area contributed by atoms with Crippen LogP contribution in [0.5, 0.6) is 0 Å². The first-order valence-electron chi connectivity index (χ1n) is 8.64. The molecule has 0 fully saturated rings. The lowest BCUT2D eigenvalue weighted by atomic mass is 9.93. The van der Waals surface area contributed by atoms with E-state index in [1.54, 1.807) is 6.21 Å². The van der Waals surface area contributed by atoms with Crippen LogP contribution in [0.4, 0.5) is 18.9 Å². The molecule has 0 aliphatic heterocycles. The van der Waals surface area contributed by atoms with Crippen molar-refractivity contribution in [3.8, 4) is 0 Å². The van der Waals surface area contributed by atoms with Crippen LogP contribution in [0, 0.1) is 0 Å². The molecule has 0 saturated heterocycles. The van der Waals surface area contributed by atoms with Gasteiger partial charge >= 0.3 is 6.18 Å². The molecule has 3 aromatic rings. The molecule has 0 N–H and O–H groups in total. The maximum absolute atomic E-state index is 12.7. The van der Waals surface area contributed by atoms with Crippen molar-refractivity contribution >= 4 is 22.8 Å². The second kappa shape index (κ2) is 6.56. The van der Waals surface area contributed by atoms with E-state index in [-0.39, 0.29) is 0 Å². The molecule has 0 unspecified atom stereocenters. The summed E-state index contributed by atoms with van der Waals surface area (Å²) in [5.74, 6) is 0. The molecular formula is C21H17F3N2. The zero-order valence-corrected chi connectivity index (χ0v) is 14.1. The van der Waals surface area contributed by atoms with Gasteiger partial charge in [-0.15, -0.1) is 0 Å². The van der Waals surface area contributed by atoms with Crippen LogP contribution in [0.1, 0.15) is 35.2 Å². The van der Waals surface area contributed by atoms with Gasteiger partial charge in [0, 0.05) is 17.3 Å². The minimum Gasteiger partial charge on any atom is -0.255 e. The third kappa shape index (κ3) is 3.21. The van der Waals surface area contributed by atoms with E-state index in [1.165, 1.54) is 12.1 Å². The summed E-state index contributed by atoms with van der Waals surface area (Å²) in [7, 11) is 0. The molecule has 1 aromatic heterocycles. The van der Waals surface area contributed by atoms with Crippen molar-refractivity contribution in [3.05, 3.63) is 70.9 Å². The molecule has 5 heteroatoms. The van der Waals surface area contributed by atoms with Crippen molar-refractivity contribution in [2.75, 3.05) is 0 Å². The average molecular weight is 354 g/mol. The fourth-order valence-corrected chi connectivity index (χ4v) is 3.39. The van der Waals surface area contributed by atoms with Crippen LogP contribution in [0.2, 0.25) is 0 Å². The van der Waals surface area contributed by atoms with Crippen LogP contribution in [0.3, 0.4) is 0 Å². The van der Waals surface area contributed by atoms with Crippen molar-refractivity contribution in [2.45, 2.75) is 31.9 Å². The first-order valence-corrected chi connectivity index (χ1v) is 8.64. The monoisotopic (exact) mass is 354 g/mol. The Morgan fingerprint density at radius 2 is 1.65 bits per heavy atom. The summed E-state index contributed by atoms with van der Waals surface area (Å²) in [6.45, 7) is 0. The van der Waals surface area contributed by atoms with Gasteiger partial charge in [-0.25, -0.2) is 0 Å².